The van der Waals surface area contributed by atoms with E-state index in [9.17, 15) is 4.79 Å². The minimum Gasteiger partial charge on any atom is -0.366 e. The lowest BCUT2D eigenvalue weighted by Crippen LogP contribution is -2.16. The molecule has 0 aliphatic carbocycles. The number of amides is 1. The molecule has 3 N–H and O–H groups in total. The van der Waals surface area contributed by atoms with E-state index in [2.05, 4.69) is 15.6 Å². The van der Waals surface area contributed by atoms with E-state index in [4.69, 9.17) is 5.73 Å². The lowest BCUT2D eigenvalue weighted by Gasteiger charge is -2.10. The van der Waals surface area contributed by atoms with Gasteiger partial charge in [0.1, 0.15) is 12.2 Å². The predicted molar refractivity (Wildman–Crippen MR) is 76.1 cm³/mol. The van der Waals surface area contributed by atoms with E-state index < -0.39 is 5.91 Å². The Morgan fingerprint density at radius 3 is 2.75 bits per heavy atom. The topological polar surface area (TPSA) is 85.8 Å². The van der Waals surface area contributed by atoms with E-state index >= 15 is 0 Å². The van der Waals surface area contributed by atoms with Crippen molar-refractivity contribution in [2.45, 2.75) is 6.67 Å². The molecule has 0 aliphatic rings. The van der Waals surface area contributed by atoms with Crippen molar-refractivity contribution in [3.8, 4) is 0 Å². The van der Waals surface area contributed by atoms with Crippen LogP contribution in [0.25, 0.3) is 11.0 Å². The number of fused-ring (bicyclic) bond motifs is 1. The molecule has 0 saturated heterocycles. The van der Waals surface area contributed by atoms with Crippen molar-refractivity contribution in [3.05, 3.63) is 54.1 Å². The molecule has 6 heteroatoms. The third kappa shape index (κ3) is 2.18. The van der Waals surface area contributed by atoms with E-state index in [1.165, 1.54) is 0 Å². The Morgan fingerprint density at radius 2 is 1.90 bits per heavy atom. The van der Waals surface area contributed by atoms with E-state index in [-0.39, 0.29) is 0 Å². The zero-order valence-corrected chi connectivity index (χ0v) is 10.7. The SMILES string of the molecule is NC(=O)c1ccccc1NCn1nnc2ccccc21. The molecule has 20 heavy (non-hydrogen) atoms. The fourth-order valence-electron chi connectivity index (χ4n) is 2.05. The average Bonchev–Trinajstić information content (AvgIpc) is 2.88. The molecule has 6 nitrogen and oxygen atoms in total. The number of para-hydroxylation sites is 2. The predicted octanol–water partition coefficient (Wildman–Crippen LogP) is 1.60. The zero-order chi connectivity index (χ0) is 13.9. The quantitative estimate of drug-likeness (QED) is 0.751. The Morgan fingerprint density at radius 1 is 1.15 bits per heavy atom. The molecule has 0 radical (unpaired) electrons. The molecule has 0 atom stereocenters. The summed E-state index contributed by atoms with van der Waals surface area (Å²) in [5, 5.41) is 11.3. The molecule has 3 rings (SSSR count). The van der Waals surface area contributed by atoms with Crippen LogP contribution < -0.4 is 11.1 Å². The number of nitrogens with two attached hydrogens (primary N) is 1. The Balaban J connectivity index is 1.85. The maximum Gasteiger partial charge on any atom is 0.250 e. The molecule has 1 aromatic heterocycles. The van der Waals surface area contributed by atoms with Crippen molar-refractivity contribution in [1.82, 2.24) is 15.0 Å². The first-order valence-corrected chi connectivity index (χ1v) is 6.16. The summed E-state index contributed by atoms with van der Waals surface area (Å²) >= 11 is 0. The van der Waals surface area contributed by atoms with Crippen molar-refractivity contribution in [2.24, 2.45) is 5.73 Å². The van der Waals surface area contributed by atoms with Crippen LogP contribution in [0.5, 0.6) is 0 Å². The Kier molecular flexibility index (Phi) is 3.04. The first-order chi connectivity index (χ1) is 9.75. The summed E-state index contributed by atoms with van der Waals surface area (Å²) in [6.07, 6.45) is 0. The number of carbonyl (C=O) groups is 1. The molecule has 0 aliphatic heterocycles. The molecular weight excluding hydrogens is 254 g/mol. The summed E-state index contributed by atoms with van der Waals surface area (Å²) in [4.78, 5) is 11.3. The van der Waals surface area contributed by atoms with Gasteiger partial charge in [-0.1, -0.05) is 29.5 Å². The van der Waals surface area contributed by atoms with Crippen LogP contribution in [-0.4, -0.2) is 20.9 Å². The van der Waals surface area contributed by atoms with Crippen LogP contribution in [0.2, 0.25) is 0 Å². The number of benzene rings is 2. The molecule has 2 aromatic carbocycles. The summed E-state index contributed by atoms with van der Waals surface area (Å²) < 4.78 is 1.73. The van der Waals surface area contributed by atoms with Gasteiger partial charge in [-0.3, -0.25) is 4.79 Å². The Hall–Kier alpha value is -2.89. The number of carbonyl (C=O) groups excluding carboxylic acids is 1. The summed E-state index contributed by atoms with van der Waals surface area (Å²) in [6, 6.07) is 14.8. The largest absolute Gasteiger partial charge is 0.366 e. The highest BCUT2D eigenvalue weighted by Gasteiger charge is 2.08. The van der Waals surface area contributed by atoms with Gasteiger partial charge in [-0.25, -0.2) is 4.68 Å². The van der Waals surface area contributed by atoms with Gasteiger partial charge in [0, 0.05) is 5.69 Å². The molecule has 1 amide bonds. The number of primary amides is 1. The monoisotopic (exact) mass is 267 g/mol. The summed E-state index contributed by atoms with van der Waals surface area (Å²) in [6.45, 7) is 0.408. The number of nitrogens with zero attached hydrogens (tertiary/aromatic N) is 3. The molecule has 0 spiro atoms. The average molecular weight is 267 g/mol. The van der Waals surface area contributed by atoms with E-state index in [1.807, 2.05) is 30.3 Å². The maximum atomic E-state index is 11.3. The number of rotatable bonds is 4. The smallest absolute Gasteiger partial charge is 0.250 e. The normalized spacial score (nSPS) is 10.6. The number of aromatic nitrogens is 3. The van der Waals surface area contributed by atoms with Gasteiger partial charge in [0.25, 0.3) is 5.91 Å². The van der Waals surface area contributed by atoms with Gasteiger partial charge in [0.15, 0.2) is 0 Å². The molecule has 0 saturated carbocycles. The van der Waals surface area contributed by atoms with Gasteiger partial charge >= 0.3 is 0 Å². The third-order valence-electron chi connectivity index (χ3n) is 3.03. The molecule has 0 bridgehead atoms. The van der Waals surface area contributed by atoms with Gasteiger partial charge in [-0.2, -0.15) is 0 Å². The van der Waals surface area contributed by atoms with Gasteiger partial charge in [-0.15, -0.1) is 5.10 Å². The van der Waals surface area contributed by atoms with Crippen LogP contribution in [0.1, 0.15) is 10.4 Å². The van der Waals surface area contributed by atoms with Crippen molar-refractivity contribution in [3.63, 3.8) is 0 Å². The summed E-state index contributed by atoms with van der Waals surface area (Å²) in [5.41, 5.74) is 8.23. The molecule has 3 aromatic rings. The van der Waals surface area contributed by atoms with Crippen LogP contribution in [-0.2, 0) is 6.67 Å². The van der Waals surface area contributed by atoms with E-state index in [0.717, 1.165) is 11.0 Å². The Bertz CT molecular complexity index is 765. The first kappa shape index (κ1) is 12.2. The molecule has 100 valence electrons. The summed E-state index contributed by atoms with van der Waals surface area (Å²) in [7, 11) is 0. The van der Waals surface area contributed by atoms with E-state index in [0.29, 0.717) is 17.9 Å². The highest BCUT2D eigenvalue weighted by Crippen LogP contribution is 2.15. The standard InChI is InChI=1S/C14H13N5O/c15-14(20)10-5-1-2-6-11(10)16-9-19-13-8-4-3-7-12(13)17-18-19/h1-8,16H,9H2,(H2,15,20). The number of nitrogens with one attached hydrogen (secondary N) is 1. The lowest BCUT2D eigenvalue weighted by atomic mass is 10.1. The third-order valence-corrected chi connectivity index (χ3v) is 3.03. The highest BCUT2D eigenvalue weighted by atomic mass is 16.1. The minimum absolute atomic E-state index is 0.408. The van der Waals surface area contributed by atoms with Crippen LogP contribution in [0.3, 0.4) is 0 Å². The number of anilines is 1. The van der Waals surface area contributed by atoms with Gasteiger partial charge < -0.3 is 11.1 Å². The Labute approximate surface area is 115 Å². The van der Waals surface area contributed by atoms with Crippen LogP contribution in [0.4, 0.5) is 5.69 Å². The second-order valence-electron chi connectivity index (χ2n) is 4.32. The van der Waals surface area contributed by atoms with Gasteiger partial charge in [0.2, 0.25) is 0 Å². The fraction of sp³-hybridized carbons (Fsp3) is 0.0714. The molecule has 1 heterocycles. The minimum atomic E-state index is -0.462. The van der Waals surface area contributed by atoms with Crippen molar-refractivity contribution in [1.29, 1.82) is 0 Å². The molecular formula is C14H13N5O. The maximum absolute atomic E-state index is 11.3. The molecule has 0 unspecified atom stereocenters. The fourth-order valence-corrected chi connectivity index (χ4v) is 2.05. The van der Waals surface area contributed by atoms with Crippen molar-refractivity contribution in [2.75, 3.05) is 5.32 Å². The second-order valence-corrected chi connectivity index (χ2v) is 4.32. The lowest BCUT2D eigenvalue weighted by molar-refractivity contribution is 0.100. The van der Waals surface area contributed by atoms with Crippen LogP contribution in [0, 0.1) is 0 Å². The van der Waals surface area contributed by atoms with Crippen LogP contribution in [0.15, 0.2) is 48.5 Å². The van der Waals surface area contributed by atoms with Crippen LogP contribution >= 0.6 is 0 Å². The second kappa shape index (κ2) is 5.00. The highest BCUT2D eigenvalue weighted by molar-refractivity contribution is 5.98. The first-order valence-electron chi connectivity index (χ1n) is 6.16. The van der Waals surface area contributed by atoms with Crippen molar-refractivity contribution >= 4 is 22.6 Å². The number of hydrogen-bond acceptors (Lipinski definition) is 4. The number of hydrogen-bond donors (Lipinski definition) is 2. The molecule has 0 fully saturated rings. The van der Waals surface area contributed by atoms with Gasteiger partial charge in [-0.05, 0) is 24.3 Å². The zero-order valence-electron chi connectivity index (χ0n) is 10.7. The summed E-state index contributed by atoms with van der Waals surface area (Å²) in [5.74, 6) is -0.462. The van der Waals surface area contributed by atoms with Crippen molar-refractivity contribution < 1.29 is 4.79 Å². The van der Waals surface area contributed by atoms with Gasteiger partial charge in [0.05, 0.1) is 11.1 Å². The van der Waals surface area contributed by atoms with E-state index in [1.54, 1.807) is 22.9 Å².